The number of benzene rings is 1. The third-order valence-corrected chi connectivity index (χ3v) is 3.74. The van der Waals surface area contributed by atoms with E-state index in [2.05, 4.69) is 31.1 Å². The van der Waals surface area contributed by atoms with E-state index in [4.69, 9.17) is 5.73 Å². The van der Waals surface area contributed by atoms with Crippen LogP contribution in [0.25, 0.3) is 0 Å². The fourth-order valence-electron chi connectivity index (χ4n) is 1.29. The zero-order valence-electron chi connectivity index (χ0n) is 8.63. The highest BCUT2D eigenvalue weighted by Crippen LogP contribution is 2.33. The van der Waals surface area contributed by atoms with E-state index in [1.54, 1.807) is 0 Å². The minimum atomic E-state index is -0.476. The van der Waals surface area contributed by atoms with Crippen LogP contribution < -0.4 is 5.73 Å². The first-order chi connectivity index (χ1) is 8.16. The van der Waals surface area contributed by atoms with Gasteiger partial charge in [-0.2, -0.15) is 5.10 Å². The molecular weight excluding hydrogens is 304 g/mol. The number of H-pyrrole nitrogens is 1. The lowest BCUT2D eigenvalue weighted by molar-refractivity contribution is -0.117. The Hall–Kier alpha value is -1.34. The highest BCUT2D eigenvalue weighted by Gasteiger charge is 2.20. The third kappa shape index (κ3) is 3.07. The van der Waals surface area contributed by atoms with E-state index in [0.29, 0.717) is 5.16 Å². The lowest BCUT2D eigenvalue weighted by Gasteiger charge is -2.11. The number of carbonyl (C=O) groups excluding carboxylic acids is 1. The number of hydrogen-bond acceptors (Lipinski definition) is 4. The molecule has 2 rings (SSSR count). The summed E-state index contributed by atoms with van der Waals surface area (Å²) < 4.78 is 0.953. The van der Waals surface area contributed by atoms with Gasteiger partial charge in [-0.15, -0.1) is 0 Å². The van der Waals surface area contributed by atoms with E-state index < -0.39 is 11.2 Å². The Bertz CT molecular complexity index is 500. The maximum Gasteiger partial charge on any atom is 0.235 e. The number of primary amides is 1. The van der Waals surface area contributed by atoms with Crippen molar-refractivity contribution in [3.8, 4) is 0 Å². The molecule has 0 saturated heterocycles. The van der Waals surface area contributed by atoms with Gasteiger partial charge in [-0.05, 0) is 17.7 Å². The van der Waals surface area contributed by atoms with E-state index in [0.717, 1.165) is 10.0 Å². The number of nitrogens with two attached hydrogens (primary N) is 1. The number of halogens is 1. The SMILES string of the molecule is NC(=O)[C@H](Sc1ncn[nH]1)c1ccc(Br)cc1. The maximum absolute atomic E-state index is 11.4. The number of carbonyl (C=O) groups is 1. The van der Waals surface area contributed by atoms with Gasteiger partial charge < -0.3 is 5.73 Å². The highest BCUT2D eigenvalue weighted by atomic mass is 79.9. The van der Waals surface area contributed by atoms with Gasteiger partial charge in [0, 0.05) is 4.47 Å². The average Bonchev–Trinajstić information content (AvgIpc) is 2.80. The lowest BCUT2D eigenvalue weighted by Crippen LogP contribution is -2.19. The predicted molar refractivity (Wildman–Crippen MR) is 68.3 cm³/mol. The van der Waals surface area contributed by atoms with Crippen molar-refractivity contribution in [1.29, 1.82) is 0 Å². The van der Waals surface area contributed by atoms with E-state index in [9.17, 15) is 4.79 Å². The fourth-order valence-corrected chi connectivity index (χ4v) is 2.40. The Labute approximate surface area is 110 Å². The van der Waals surface area contributed by atoms with Gasteiger partial charge in [0.25, 0.3) is 0 Å². The van der Waals surface area contributed by atoms with Crippen LogP contribution in [0.5, 0.6) is 0 Å². The van der Waals surface area contributed by atoms with Gasteiger partial charge in [-0.1, -0.05) is 39.8 Å². The van der Waals surface area contributed by atoms with E-state index in [-0.39, 0.29) is 0 Å². The molecule has 0 fully saturated rings. The third-order valence-electron chi connectivity index (χ3n) is 2.05. The highest BCUT2D eigenvalue weighted by molar-refractivity contribution is 9.10. The molecule has 0 aliphatic rings. The molecule has 0 unspecified atom stereocenters. The van der Waals surface area contributed by atoms with Gasteiger partial charge in [-0.3, -0.25) is 9.89 Å². The van der Waals surface area contributed by atoms with Crippen molar-refractivity contribution in [3.05, 3.63) is 40.6 Å². The van der Waals surface area contributed by atoms with Crippen LogP contribution in [0.15, 0.2) is 40.2 Å². The molecule has 1 amide bonds. The zero-order chi connectivity index (χ0) is 12.3. The molecule has 1 aromatic heterocycles. The van der Waals surface area contributed by atoms with Crippen LogP contribution in [0.4, 0.5) is 0 Å². The Balaban J connectivity index is 2.23. The molecule has 1 aromatic carbocycles. The first-order valence-corrected chi connectivity index (χ1v) is 6.41. The van der Waals surface area contributed by atoms with Gasteiger partial charge in [0.05, 0.1) is 0 Å². The molecule has 0 aliphatic heterocycles. The molecule has 0 saturated carbocycles. The molecule has 7 heteroatoms. The predicted octanol–water partition coefficient (Wildman–Crippen LogP) is 1.89. The molecule has 5 nitrogen and oxygen atoms in total. The topological polar surface area (TPSA) is 84.7 Å². The van der Waals surface area contributed by atoms with Gasteiger partial charge in [-0.25, -0.2) is 4.98 Å². The van der Waals surface area contributed by atoms with Crippen molar-refractivity contribution in [2.45, 2.75) is 10.4 Å². The minimum absolute atomic E-state index is 0.409. The normalized spacial score (nSPS) is 12.3. The summed E-state index contributed by atoms with van der Waals surface area (Å²) in [5.74, 6) is -0.409. The van der Waals surface area contributed by atoms with Gasteiger partial charge >= 0.3 is 0 Å². The van der Waals surface area contributed by atoms with E-state index >= 15 is 0 Å². The molecule has 17 heavy (non-hydrogen) atoms. The molecule has 2 aromatic rings. The molecule has 0 radical (unpaired) electrons. The molecule has 3 N–H and O–H groups in total. The standard InChI is InChI=1S/C10H9BrN4OS/c11-7-3-1-6(2-4-7)8(9(12)16)17-10-13-5-14-15-10/h1-5,8H,(H2,12,16)(H,13,14,15)/t8-/m1/s1. The first kappa shape index (κ1) is 12.1. The Morgan fingerprint density at radius 2 is 2.12 bits per heavy atom. The summed E-state index contributed by atoms with van der Waals surface area (Å²) in [5, 5.41) is 6.50. The average molecular weight is 313 g/mol. The Morgan fingerprint density at radius 1 is 1.41 bits per heavy atom. The monoisotopic (exact) mass is 312 g/mol. The van der Waals surface area contributed by atoms with Crippen LogP contribution in [0, 0.1) is 0 Å². The number of amides is 1. The second kappa shape index (κ2) is 5.33. The van der Waals surface area contributed by atoms with Gasteiger partial charge in [0.2, 0.25) is 5.91 Å². The number of thioether (sulfide) groups is 1. The van der Waals surface area contributed by atoms with Crippen molar-refractivity contribution < 1.29 is 4.79 Å². The van der Waals surface area contributed by atoms with Crippen LogP contribution in [0.3, 0.4) is 0 Å². The number of hydrogen-bond donors (Lipinski definition) is 2. The summed E-state index contributed by atoms with van der Waals surface area (Å²) in [6.45, 7) is 0. The van der Waals surface area contributed by atoms with Crippen molar-refractivity contribution in [2.24, 2.45) is 5.73 Å². The molecular formula is C10H9BrN4OS. The van der Waals surface area contributed by atoms with Crippen LogP contribution in [-0.2, 0) is 4.79 Å². The molecule has 0 spiro atoms. The van der Waals surface area contributed by atoms with Crippen molar-refractivity contribution in [3.63, 3.8) is 0 Å². The molecule has 0 bridgehead atoms. The summed E-state index contributed by atoms with van der Waals surface area (Å²) >= 11 is 4.58. The molecule has 0 aliphatic carbocycles. The molecule has 1 atom stereocenters. The van der Waals surface area contributed by atoms with Crippen molar-refractivity contribution >= 4 is 33.6 Å². The van der Waals surface area contributed by atoms with E-state index in [1.807, 2.05) is 24.3 Å². The lowest BCUT2D eigenvalue weighted by atomic mass is 10.1. The minimum Gasteiger partial charge on any atom is -0.368 e. The Morgan fingerprint density at radius 3 is 2.65 bits per heavy atom. The number of nitrogens with one attached hydrogen (secondary N) is 1. The summed E-state index contributed by atoms with van der Waals surface area (Å²) in [5.41, 5.74) is 6.23. The smallest absolute Gasteiger partial charge is 0.235 e. The summed E-state index contributed by atoms with van der Waals surface area (Å²) in [7, 11) is 0. The number of aromatic amines is 1. The maximum atomic E-state index is 11.4. The van der Waals surface area contributed by atoms with Crippen LogP contribution >= 0.6 is 27.7 Å². The molecule has 88 valence electrons. The number of aromatic nitrogens is 3. The fraction of sp³-hybridized carbons (Fsp3) is 0.100. The number of rotatable bonds is 4. The quantitative estimate of drug-likeness (QED) is 0.844. The van der Waals surface area contributed by atoms with Crippen LogP contribution in [0.2, 0.25) is 0 Å². The molecule has 1 heterocycles. The summed E-state index contributed by atoms with van der Waals surface area (Å²) in [6, 6.07) is 7.43. The summed E-state index contributed by atoms with van der Waals surface area (Å²) in [4.78, 5) is 15.4. The zero-order valence-corrected chi connectivity index (χ0v) is 11.0. The van der Waals surface area contributed by atoms with Gasteiger partial charge in [0.15, 0.2) is 5.16 Å². The second-order valence-corrected chi connectivity index (χ2v) is 5.25. The van der Waals surface area contributed by atoms with Crippen LogP contribution in [0.1, 0.15) is 10.8 Å². The van der Waals surface area contributed by atoms with Crippen molar-refractivity contribution in [2.75, 3.05) is 0 Å². The largest absolute Gasteiger partial charge is 0.368 e. The van der Waals surface area contributed by atoms with Gasteiger partial charge in [0.1, 0.15) is 11.6 Å². The van der Waals surface area contributed by atoms with Crippen LogP contribution in [-0.4, -0.2) is 21.1 Å². The van der Waals surface area contributed by atoms with E-state index in [1.165, 1.54) is 18.1 Å². The Kier molecular flexibility index (Phi) is 3.80. The number of nitrogens with zero attached hydrogens (tertiary/aromatic N) is 2. The first-order valence-electron chi connectivity index (χ1n) is 4.73. The summed E-state index contributed by atoms with van der Waals surface area (Å²) in [6.07, 6.45) is 1.39. The second-order valence-electron chi connectivity index (χ2n) is 3.24. The van der Waals surface area contributed by atoms with Crippen molar-refractivity contribution in [1.82, 2.24) is 15.2 Å².